The van der Waals surface area contributed by atoms with Crippen LogP contribution in [-0.2, 0) is 0 Å². The van der Waals surface area contributed by atoms with Gasteiger partial charge in [0.15, 0.2) is 11.5 Å². The van der Waals surface area contributed by atoms with Crippen molar-refractivity contribution in [3.05, 3.63) is 44.2 Å². The lowest BCUT2D eigenvalue weighted by atomic mass is 9.93. The van der Waals surface area contributed by atoms with Crippen molar-refractivity contribution < 1.29 is 9.47 Å². The zero-order valence-corrected chi connectivity index (χ0v) is 10.9. The van der Waals surface area contributed by atoms with E-state index in [2.05, 4.69) is 0 Å². The van der Waals surface area contributed by atoms with E-state index < -0.39 is 10.9 Å². The highest BCUT2D eigenvalue weighted by Crippen LogP contribution is 2.38. The van der Waals surface area contributed by atoms with E-state index in [-0.39, 0.29) is 0 Å². The van der Waals surface area contributed by atoms with E-state index in [0.29, 0.717) is 22.3 Å². The van der Waals surface area contributed by atoms with E-state index in [1.807, 2.05) is 13.0 Å². The Morgan fingerprint density at radius 2 is 1.58 bits per heavy atom. The maximum absolute atomic E-state index is 11.8. The number of hydrogen-bond donors (Lipinski definition) is 0. The van der Waals surface area contributed by atoms with Crippen LogP contribution >= 0.6 is 0 Å². The Labute approximate surface area is 108 Å². The molecule has 0 amide bonds. The van der Waals surface area contributed by atoms with Gasteiger partial charge in [-0.15, -0.1) is 0 Å². The molecule has 0 bridgehead atoms. The Bertz CT molecular complexity index is 883. The average Bonchev–Trinajstić information content (AvgIpc) is 2.43. The van der Waals surface area contributed by atoms with Crippen LogP contribution in [0.5, 0.6) is 11.5 Å². The highest BCUT2D eigenvalue weighted by molar-refractivity contribution is 6.13. The number of benzene rings is 2. The van der Waals surface area contributed by atoms with E-state index in [0.717, 1.165) is 16.3 Å². The van der Waals surface area contributed by atoms with Crippen molar-refractivity contribution in [3.63, 3.8) is 0 Å². The summed E-state index contributed by atoms with van der Waals surface area (Å²) in [6.45, 7) is 1.82. The topological polar surface area (TPSA) is 52.6 Å². The van der Waals surface area contributed by atoms with Gasteiger partial charge in [0.2, 0.25) is 10.9 Å². The van der Waals surface area contributed by atoms with Crippen molar-refractivity contribution in [3.8, 4) is 11.5 Å². The quantitative estimate of drug-likeness (QED) is 0.657. The van der Waals surface area contributed by atoms with Gasteiger partial charge in [-0.1, -0.05) is 0 Å². The molecule has 0 saturated heterocycles. The Balaban J connectivity index is 2.57. The molecule has 0 aliphatic rings. The van der Waals surface area contributed by atoms with Gasteiger partial charge < -0.3 is 9.47 Å². The minimum Gasteiger partial charge on any atom is -0.493 e. The van der Waals surface area contributed by atoms with Crippen LogP contribution in [0.3, 0.4) is 0 Å². The van der Waals surface area contributed by atoms with Gasteiger partial charge >= 0.3 is 0 Å². The first kappa shape index (κ1) is 11.7. The first-order chi connectivity index (χ1) is 9.10. The van der Waals surface area contributed by atoms with Crippen molar-refractivity contribution in [2.45, 2.75) is 6.92 Å². The highest BCUT2D eigenvalue weighted by atomic mass is 16.5. The summed E-state index contributed by atoms with van der Waals surface area (Å²) in [6, 6.07) is 5.39. The molecule has 0 aliphatic heterocycles. The molecule has 96 valence electrons. The summed E-state index contributed by atoms with van der Waals surface area (Å²) in [7, 11) is 3.12. The smallest absolute Gasteiger partial charge is 0.234 e. The zero-order chi connectivity index (χ0) is 13.7. The zero-order valence-electron chi connectivity index (χ0n) is 10.9. The van der Waals surface area contributed by atoms with Crippen molar-refractivity contribution in [2.75, 3.05) is 14.2 Å². The maximum atomic E-state index is 11.8. The van der Waals surface area contributed by atoms with Gasteiger partial charge in [-0.05, 0) is 36.1 Å². The number of fused-ring (bicyclic) bond motifs is 3. The van der Waals surface area contributed by atoms with Crippen molar-refractivity contribution in [1.82, 2.24) is 0 Å². The molecular formula is C15H12O4. The third-order valence-corrected chi connectivity index (χ3v) is 3.52. The molecule has 0 fully saturated rings. The SMILES string of the molecule is COc1ccc2c(cc(C)c3c(=O)c(=O)c32)c1OC. The molecular weight excluding hydrogens is 244 g/mol. The largest absolute Gasteiger partial charge is 0.493 e. The fourth-order valence-electron chi connectivity index (χ4n) is 2.63. The molecule has 0 spiro atoms. The van der Waals surface area contributed by atoms with Gasteiger partial charge in [0.05, 0.1) is 14.2 Å². The fraction of sp³-hybridized carbons (Fsp3) is 0.200. The summed E-state index contributed by atoms with van der Waals surface area (Å²) in [6.07, 6.45) is 0. The third-order valence-electron chi connectivity index (χ3n) is 3.52. The van der Waals surface area contributed by atoms with Crippen LogP contribution in [0.15, 0.2) is 27.8 Å². The first-order valence-corrected chi connectivity index (χ1v) is 5.87. The monoisotopic (exact) mass is 256 g/mol. The maximum Gasteiger partial charge on any atom is 0.234 e. The van der Waals surface area contributed by atoms with E-state index >= 15 is 0 Å². The van der Waals surface area contributed by atoms with Crippen LogP contribution in [0.2, 0.25) is 0 Å². The van der Waals surface area contributed by atoms with Gasteiger partial charge in [0.25, 0.3) is 0 Å². The minimum absolute atomic E-state index is 0.399. The van der Waals surface area contributed by atoms with Crippen LogP contribution in [0.4, 0.5) is 0 Å². The fourth-order valence-corrected chi connectivity index (χ4v) is 2.63. The summed E-state index contributed by atoms with van der Waals surface area (Å²) in [5, 5.41) is 2.56. The van der Waals surface area contributed by atoms with E-state index in [9.17, 15) is 9.59 Å². The Kier molecular flexibility index (Phi) is 2.35. The predicted octanol–water partition coefficient (Wildman–Crippen LogP) is 1.91. The van der Waals surface area contributed by atoms with Crippen molar-refractivity contribution in [1.29, 1.82) is 0 Å². The molecule has 0 unspecified atom stereocenters. The number of rotatable bonds is 2. The Morgan fingerprint density at radius 1 is 0.895 bits per heavy atom. The van der Waals surface area contributed by atoms with Crippen LogP contribution in [0, 0.1) is 6.92 Å². The molecule has 0 atom stereocenters. The molecule has 3 aromatic carbocycles. The van der Waals surface area contributed by atoms with Gasteiger partial charge in [-0.25, -0.2) is 0 Å². The Morgan fingerprint density at radius 3 is 2.21 bits per heavy atom. The third kappa shape index (κ3) is 1.34. The molecule has 3 aromatic rings. The van der Waals surface area contributed by atoms with E-state index in [1.165, 1.54) is 0 Å². The summed E-state index contributed by atoms with van der Waals surface area (Å²) in [4.78, 5) is 23.3. The van der Waals surface area contributed by atoms with Crippen LogP contribution in [-0.4, -0.2) is 14.2 Å². The lowest BCUT2D eigenvalue weighted by Gasteiger charge is -2.14. The molecule has 4 heteroatoms. The first-order valence-electron chi connectivity index (χ1n) is 5.87. The second kappa shape index (κ2) is 3.82. The number of hydrogen-bond acceptors (Lipinski definition) is 4. The molecule has 4 nitrogen and oxygen atoms in total. The molecule has 0 N–H and O–H groups in total. The summed E-state index contributed by atoms with van der Waals surface area (Å²) in [5.41, 5.74) is -0.0289. The molecule has 0 radical (unpaired) electrons. The molecule has 0 aromatic heterocycles. The molecule has 0 aliphatic carbocycles. The van der Waals surface area contributed by atoms with Gasteiger partial charge in [-0.3, -0.25) is 9.59 Å². The van der Waals surface area contributed by atoms with Crippen molar-refractivity contribution in [2.24, 2.45) is 0 Å². The summed E-state index contributed by atoms with van der Waals surface area (Å²) >= 11 is 0. The van der Waals surface area contributed by atoms with Gasteiger partial charge in [0, 0.05) is 16.2 Å². The second-order valence-corrected chi connectivity index (χ2v) is 4.50. The molecule has 0 saturated carbocycles. The van der Waals surface area contributed by atoms with Crippen LogP contribution in [0.25, 0.3) is 21.5 Å². The highest BCUT2D eigenvalue weighted by Gasteiger charge is 2.20. The van der Waals surface area contributed by atoms with Gasteiger partial charge in [0.1, 0.15) is 0 Å². The standard InChI is InChI=1S/C15H12O4/c1-7-6-9-8(12-11(7)13(16)14(12)17)4-5-10(18-2)15(9)19-3/h4-6H,1-3H3. The Hall–Kier alpha value is -2.36. The lowest BCUT2D eigenvalue weighted by molar-refractivity contribution is 0.358. The van der Waals surface area contributed by atoms with E-state index in [1.54, 1.807) is 26.4 Å². The second-order valence-electron chi connectivity index (χ2n) is 4.50. The van der Waals surface area contributed by atoms with Gasteiger partial charge in [-0.2, -0.15) is 0 Å². The number of methoxy groups -OCH3 is 2. The number of aryl methyl sites for hydroxylation is 1. The predicted molar refractivity (Wildman–Crippen MR) is 74.2 cm³/mol. The van der Waals surface area contributed by atoms with Crippen LogP contribution in [0.1, 0.15) is 5.56 Å². The van der Waals surface area contributed by atoms with Crippen molar-refractivity contribution >= 4 is 21.5 Å². The normalized spacial score (nSPS) is 11.3. The molecule has 3 rings (SSSR count). The minimum atomic E-state index is -0.420. The number of ether oxygens (including phenoxy) is 2. The molecule has 19 heavy (non-hydrogen) atoms. The molecule has 0 heterocycles. The lowest BCUT2D eigenvalue weighted by Crippen LogP contribution is -2.31. The average molecular weight is 256 g/mol. The summed E-state index contributed by atoms with van der Waals surface area (Å²) < 4.78 is 10.6. The van der Waals surface area contributed by atoms with E-state index in [4.69, 9.17) is 9.47 Å². The summed E-state index contributed by atoms with van der Waals surface area (Å²) in [5.74, 6) is 1.19. The van der Waals surface area contributed by atoms with Crippen LogP contribution < -0.4 is 20.3 Å².